The highest BCUT2D eigenvalue weighted by atomic mass is 15.0. The zero-order valence-electron chi connectivity index (χ0n) is 22.1. The molecule has 2 heteroatoms. The van der Waals surface area contributed by atoms with Crippen LogP contribution in [-0.2, 0) is 13.1 Å². The van der Waals surface area contributed by atoms with Gasteiger partial charge in [-0.15, -0.1) is 0 Å². The van der Waals surface area contributed by atoms with Gasteiger partial charge < -0.3 is 9.13 Å². The van der Waals surface area contributed by atoms with Crippen molar-refractivity contribution in [3.8, 4) is 11.1 Å². The summed E-state index contributed by atoms with van der Waals surface area (Å²) in [6.07, 6.45) is 4.81. The van der Waals surface area contributed by atoms with Crippen LogP contribution in [0.3, 0.4) is 0 Å². The van der Waals surface area contributed by atoms with E-state index < -0.39 is 0 Å². The predicted molar refractivity (Wildman–Crippen MR) is 157 cm³/mol. The Labute approximate surface area is 214 Å². The summed E-state index contributed by atoms with van der Waals surface area (Å²) in [4.78, 5) is 0. The Morgan fingerprint density at radius 1 is 0.472 bits per heavy atom. The highest BCUT2D eigenvalue weighted by Crippen LogP contribution is 2.37. The quantitative estimate of drug-likeness (QED) is 0.219. The molecule has 0 N–H and O–H groups in total. The van der Waals surface area contributed by atoms with Crippen molar-refractivity contribution in [1.82, 2.24) is 9.13 Å². The van der Waals surface area contributed by atoms with Crippen molar-refractivity contribution in [3.05, 3.63) is 83.9 Å². The second kappa shape index (κ2) is 9.17. The van der Waals surface area contributed by atoms with Gasteiger partial charge >= 0.3 is 0 Å². The van der Waals surface area contributed by atoms with Crippen LogP contribution in [0, 0.1) is 13.8 Å². The van der Waals surface area contributed by atoms with E-state index in [-0.39, 0.29) is 0 Å². The second-order valence-corrected chi connectivity index (χ2v) is 10.5. The van der Waals surface area contributed by atoms with Gasteiger partial charge in [-0.1, -0.05) is 62.1 Å². The van der Waals surface area contributed by atoms with E-state index in [2.05, 4.69) is 110 Å². The van der Waals surface area contributed by atoms with Gasteiger partial charge in [0.05, 0.1) is 0 Å². The first kappa shape index (κ1) is 22.9. The van der Waals surface area contributed by atoms with Crippen LogP contribution in [-0.4, -0.2) is 9.13 Å². The first-order valence-electron chi connectivity index (χ1n) is 13.6. The van der Waals surface area contributed by atoms with Gasteiger partial charge in [0.2, 0.25) is 0 Å². The lowest BCUT2D eigenvalue weighted by atomic mass is 10.00. The molecule has 4 aromatic carbocycles. The molecule has 0 radical (unpaired) electrons. The summed E-state index contributed by atoms with van der Waals surface area (Å²) >= 11 is 0. The number of nitrogens with zero attached hydrogens (tertiary/aromatic N) is 2. The molecule has 6 aromatic rings. The minimum atomic E-state index is 1.07. The third kappa shape index (κ3) is 3.71. The molecule has 2 aromatic heterocycles. The zero-order valence-corrected chi connectivity index (χ0v) is 22.1. The van der Waals surface area contributed by atoms with E-state index in [4.69, 9.17) is 0 Å². The van der Waals surface area contributed by atoms with E-state index in [9.17, 15) is 0 Å². The number of benzene rings is 4. The number of hydrogen-bond donors (Lipinski definition) is 0. The maximum atomic E-state index is 2.52. The fraction of sp³-hybridized carbons (Fsp3) is 0.294. The lowest BCUT2D eigenvalue weighted by Gasteiger charge is -2.08. The molecule has 6 rings (SSSR count). The Morgan fingerprint density at radius 3 is 1.22 bits per heavy atom. The molecule has 0 saturated heterocycles. The first-order chi connectivity index (χ1) is 17.6. The number of hydrogen-bond acceptors (Lipinski definition) is 0. The number of aryl methyl sites for hydroxylation is 4. The fourth-order valence-electron chi connectivity index (χ4n) is 5.91. The molecule has 2 heterocycles. The molecule has 0 fully saturated rings. The van der Waals surface area contributed by atoms with E-state index in [1.165, 1.54) is 91.5 Å². The molecule has 0 atom stereocenters. The molecule has 0 aliphatic rings. The predicted octanol–water partition coefficient (Wildman–Crippen LogP) is 9.79. The van der Waals surface area contributed by atoms with Gasteiger partial charge in [0.1, 0.15) is 0 Å². The molecule has 0 aliphatic heterocycles. The van der Waals surface area contributed by atoms with Gasteiger partial charge in [-0.2, -0.15) is 0 Å². The summed E-state index contributed by atoms with van der Waals surface area (Å²) < 4.78 is 5.04. The largest absolute Gasteiger partial charge is 0.340 e. The van der Waals surface area contributed by atoms with Crippen LogP contribution in [0.1, 0.15) is 50.7 Å². The normalized spacial score (nSPS) is 12.0. The monoisotopic (exact) mass is 472 g/mol. The van der Waals surface area contributed by atoms with Crippen LogP contribution in [0.25, 0.3) is 54.7 Å². The lowest BCUT2D eigenvalue weighted by molar-refractivity contribution is 0.665. The molecule has 0 amide bonds. The third-order valence-electron chi connectivity index (χ3n) is 7.84. The Kier molecular flexibility index (Phi) is 5.84. The highest BCUT2D eigenvalue weighted by molar-refractivity contribution is 6.11. The summed E-state index contributed by atoms with van der Waals surface area (Å²) in [5.74, 6) is 0. The standard InChI is InChI=1S/C34H36N2/c1-5-7-17-35-31-13-9-23(3)19-27(31)29-21-25(11-15-33(29)35)26-12-16-34-30(22-26)28-20-24(4)10-14-32(28)36(34)18-8-6-2/h9-16,19-22H,5-8,17-18H2,1-4H3. The van der Waals surface area contributed by atoms with Crippen molar-refractivity contribution in [2.45, 2.75) is 66.5 Å². The Hall–Kier alpha value is -3.52. The summed E-state index contributed by atoms with van der Waals surface area (Å²) in [6, 6.07) is 28.0. The van der Waals surface area contributed by atoms with Crippen molar-refractivity contribution in [2.75, 3.05) is 0 Å². The van der Waals surface area contributed by atoms with Gasteiger partial charge in [0.15, 0.2) is 0 Å². The SMILES string of the molecule is CCCCn1c2ccc(C)cc2c2cc(-c3ccc4c(c3)c3cc(C)ccc3n4CCCC)ccc21. The van der Waals surface area contributed by atoms with Gasteiger partial charge in [-0.25, -0.2) is 0 Å². The Morgan fingerprint density at radius 2 is 0.833 bits per heavy atom. The zero-order chi connectivity index (χ0) is 24.8. The van der Waals surface area contributed by atoms with E-state index in [1.807, 2.05) is 0 Å². The first-order valence-corrected chi connectivity index (χ1v) is 13.6. The minimum Gasteiger partial charge on any atom is -0.340 e. The van der Waals surface area contributed by atoms with E-state index in [0.29, 0.717) is 0 Å². The van der Waals surface area contributed by atoms with Crippen LogP contribution in [0.4, 0.5) is 0 Å². The highest BCUT2D eigenvalue weighted by Gasteiger charge is 2.14. The summed E-state index contributed by atoms with van der Waals surface area (Å²) in [6.45, 7) is 11.1. The number of rotatable bonds is 7. The Bertz CT molecular complexity index is 1600. The van der Waals surface area contributed by atoms with Gasteiger partial charge in [0, 0.05) is 56.7 Å². The number of fused-ring (bicyclic) bond motifs is 6. The summed E-state index contributed by atoms with van der Waals surface area (Å²) in [5, 5.41) is 5.47. The van der Waals surface area contributed by atoms with Crippen LogP contribution in [0.2, 0.25) is 0 Å². The molecule has 2 nitrogen and oxygen atoms in total. The van der Waals surface area contributed by atoms with E-state index in [0.717, 1.165) is 13.1 Å². The van der Waals surface area contributed by atoms with Crippen molar-refractivity contribution < 1.29 is 0 Å². The smallest absolute Gasteiger partial charge is 0.0491 e. The van der Waals surface area contributed by atoms with Crippen LogP contribution < -0.4 is 0 Å². The van der Waals surface area contributed by atoms with E-state index in [1.54, 1.807) is 0 Å². The van der Waals surface area contributed by atoms with E-state index >= 15 is 0 Å². The van der Waals surface area contributed by atoms with Gasteiger partial charge in [0.25, 0.3) is 0 Å². The maximum Gasteiger partial charge on any atom is 0.0491 e. The summed E-state index contributed by atoms with van der Waals surface area (Å²) in [7, 11) is 0. The minimum absolute atomic E-state index is 1.07. The fourth-order valence-corrected chi connectivity index (χ4v) is 5.91. The van der Waals surface area contributed by atoms with Crippen molar-refractivity contribution in [3.63, 3.8) is 0 Å². The lowest BCUT2D eigenvalue weighted by Crippen LogP contribution is -1.97. The molecule has 0 unspecified atom stereocenters. The molecular formula is C34H36N2. The topological polar surface area (TPSA) is 9.86 Å². The van der Waals surface area contributed by atoms with Gasteiger partial charge in [-0.05, 0) is 86.3 Å². The maximum absolute atomic E-state index is 2.52. The number of unbranched alkanes of at least 4 members (excludes halogenated alkanes) is 2. The Balaban J connectivity index is 1.55. The van der Waals surface area contributed by atoms with Crippen LogP contribution >= 0.6 is 0 Å². The molecule has 0 spiro atoms. The van der Waals surface area contributed by atoms with Crippen LogP contribution in [0.15, 0.2) is 72.8 Å². The molecule has 182 valence electrons. The number of aromatic nitrogens is 2. The van der Waals surface area contributed by atoms with Crippen LogP contribution in [0.5, 0.6) is 0 Å². The van der Waals surface area contributed by atoms with Crippen molar-refractivity contribution >= 4 is 43.6 Å². The average Bonchev–Trinajstić information content (AvgIpc) is 3.36. The van der Waals surface area contributed by atoms with Crippen molar-refractivity contribution in [2.24, 2.45) is 0 Å². The molecule has 36 heavy (non-hydrogen) atoms. The molecule has 0 aliphatic carbocycles. The molecule has 0 bridgehead atoms. The summed E-state index contributed by atoms with van der Waals surface area (Å²) in [5.41, 5.74) is 10.6. The second-order valence-electron chi connectivity index (χ2n) is 10.5. The molecular weight excluding hydrogens is 436 g/mol. The van der Waals surface area contributed by atoms with Crippen molar-refractivity contribution in [1.29, 1.82) is 0 Å². The van der Waals surface area contributed by atoms with Gasteiger partial charge in [-0.3, -0.25) is 0 Å². The molecule has 0 saturated carbocycles. The average molecular weight is 473 g/mol. The third-order valence-corrected chi connectivity index (χ3v) is 7.84.